The fourth-order valence-electron chi connectivity index (χ4n) is 3.46. The van der Waals surface area contributed by atoms with Crippen molar-refractivity contribution in [1.82, 2.24) is 4.57 Å². The Morgan fingerprint density at radius 2 is 1.54 bits per heavy atom. The number of aromatic nitrogens is 1. The van der Waals surface area contributed by atoms with Crippen LogP contribution in [0.1, 0.15) is 16.1 Å². The minimum absolute atomic E-state index is 0.106. The molecule has 0 saturated carbocycles. The predicted octanol–water partition coefficient (Wildman–Crippen LogP) is 4.55. The van der Waals surface area contributed by atoms with E-state index < -0.39 is 17.3 Å². The first kappa shape index (κ1) is 17.7. The van der Waals surface area contributed by atoms with Gasteiger partial charge in [-0.2, -0.15) is 0 Å². The molecule has 0 atom stereocenters. The van der Waals surface area contributed by atoms with E-state index in [0.717, 1.165) is 5.56 Å². The van der Waals surface area contributed by atoms with E-state index in [4.69, 9.17) is 0 Å². The van der Waals surface area contributed by atoms with Crippen molar-refractivity contribution in [3.63, 3.8) is 0 Å². The van der Waals surface area contributed by atoms with Crippen LogP contribution in [-0.2, 0) is 6.54 Å². The molecule has 4 nitrogen and oxygen atoms in total. The van der Waals surface area contributed by atoms with Crippen LogP contribution in [0.2, 0.25) is 0 Å². The normalized spacial score (nSPS) is 10.9. The van der Waals surface area contributed by atoms with Crippen molar-refractivity contribution in [1.29, 1.82) is 0 Å². The number of carboxylic acid groups (broad SMARTS) is 1. The summed E-state index contributed by atoms with van der Waals surface area (Å²) in [6.07, 6.45) is 0. The average molecular weight is 373 g/mol. The number of benzene rings is 3. The van der Waals surface area contributed by atoms with Gasteiger partial charge in [0.1, 0.15) is 11.5 Å². The molecule has 4 rings (SSSR count). The first-order valence-corrected chi connectivity index (χ1v) is 8.75. The number of hydrogen-bond acceptors (Lipinski definition) is 2. The van der Waals surface area contributed by atoms with E-state index in [2.05, 4.69) is 0 Å². The van der Waals surface area contributed by atoms with E-state index in [1.165, 1.54) is 22.8 Å². The smallest absolute Gasteiger partial charge is 0.353 e. The molecular formula is C23H16FNO3. The van der Waals surface area contributed by atoms with Gasteiger partial charge in [0.05, 0.1) is 6.54 Å². The lowest BCUT2D eigenvalue weighted by Gasteiger charge is -2.18. The molecule has 0 unspecified atom stereocenters. The van der Waals surface area contributed by atoms with Crippen molar-refractivity contribution < 1.29 is 14.3 Å². The summed E-state index contributed by atoms with van der Waals surface area (Å²) < 4.78 is 15.2. The monoisotopic (exact) mass is 373 g/mol. The predicted molar refractivity (Wildman–Crippen MR) is 106 cm³/mol. The summed E-state index contributed by atoms with van der Waals surface area (Å²) in [5.74, 6) is -1.76. The van der Waals surface area contributed by atoms with Gasteiger partial charge in [0.25, 0.3) is 5.56 Å². The molecule has 1 heterocycles. The summed E-state index contributed by atoms with van der Waals surface area (Å²) in [7, 11) is 0. The average Bonchev–Trinajstić information content (AvgIpc) is 2.71. The number of carboxylic acids is 1. The van der Waals surface area contributed by atoms with Gasteiger partial charge < -0.3 is 5.11 Å². The Kier molecular flexibility index (Phi) is 4.49. The summed E-state index contributed by atoms with van der Waals surface area (Å²) in [5, 5.41) is 10.6. The molecule has 0 radical (unpaired) electrons. The lowest BCUT2D eigenvalue weighted by atomic mass is 9.96. The molecule has 3 aromatic carbocycles. The van der Waals surface area contributed by atoms with E-state index >= 15 is 0 Å². The maximum atomic E-state index is 14.0. The molecule has 0 saturated heterocycles. The number of pyridine rings is 1. The third kappa shape index (κ3) is 3.07. The van der Waals surface area contributed by atoms with Crippen LogP contribution in [0, 0.1) is 5.82 Å². The second-order valence-electron chi connectivity index (χ2n) is 6.46. The number of halogens is 1. The molecule has 0 bridgehead atoms. The minimum atomic E-state index is -1.24. The minimum Gasteiger partial charge on any atom is -0.477 e. The highest BCUT2D eigenvalue weighted by Crippen LogP contribution is 2.31. The highest BCUT2D eigenvalue weighted by atomic mass is 19.1. The molecule has 0 aliphatic rings. The van der Waals surface area contributed by atoms with E-state index in [-0.39, 0.29) is 23.0 Å². The summed E-state index contributed by atoms with van der Waals surface area (Å²) >= 11 is 0. The molecule has 0 aliphatic carbocycles. The summed E-state index contributed by atoms with van der Waals surface area (Å²) in [4.78, 5) is 25.4. The Labute approximate surface area is 160 Å². The standard InChI is InChI=1S/C23H16FNO3/c24-17-11-12-18-19(13-17)20(16-9-5-2-6-10-16)21(23(27)28)25(22(18)26)14-15-7-3-1-4-8-15/h1-13H,14H2,(H,27,28). The van der Waals surface area contributed by atoms with E-state index in [9.17, 15) is 19.1 Å². The Hall–Kier alpha value is -3.73. The molecular weight excluding hydrogens is 357 g/mol. The maximum absolute atomic E-state index is 14.0. The molecule has 1 aromatic heterocycles. The van der Waals surface area contributed by atoms with Crippen LogP contribution in [0.3, 0.4) is 0 Å². The van der Waals surface area contributed by atoms with Crippen molar-refractivity contribution in [2.75, 3.05) is 0 Å². The first-order chi connectivity index (χ1) is 13.6. The Balaban J connectivity index is 2.13. The van der Waals surface area contributed by atoms with Gasteiger partial charge in [-0.05, 0) is 29.3 Å². The van der Waals surface area contributed by atoms with Gasteiger partial charge in [-0.3, -0.25) is 9.36 Å². The summed E-state index contributed by atoms with van der Waals surface area (Å²) in [6, 6.07) is 21.9. The van der Waals surface area contributed by atoms with Crippen LogP contribution in [0.15, 0.2) is 83.7 Å². The SMILES string of the molecule is O=C(O)c1c(-c2ccccc2)c2cc(F)ccc2c(=O)n1Cc1ccccc1. The van der Waals surface area contributed by atoms with Crippen LogP contribution in [0.4, 0.5) is 4.39 Å². The molecule has 138 valence electrons. The first-order valence-electron chi connectivity index (χ1n) is 8.75. The van der Waals surface area contributed by atoms with E-state index in [1.54, 1.807) is 24.3 Å². The molecule has 1 N–H and O–H groups in total. The van der Waals surface area contributed by atoms with Crippen molar-refractivity contribution in [3.05, 3.63) is 106 Å². The Morgan fingerprint density at radius 3 is 2.18 bits per heavy atom. The van der Waals surface area contributed by atoms with Crippen molar-refractivity contribution in [2.24, 2.45) is 0 Å². The van der Waals surface area contributed by atoms with E-state index in [0.29, 0.717) is 11.1 Å². The molecule has 4 aromatic rings. The van der Waals surface area contributed by atoms with E-state index in [1.807, 2.05) is 36.4 Å². The van der Waals surface area contributed by atoms with Gasteiger partial charge in [0.15, 0.2) is 0 Å². The number of carbonyl (C=O) groups is 1. The van der Waals surface area contributed by atoms with Crippen LogP contribution in [0.5, 0.6) is 0 Å². The van der Waals surface area contributed by atoms with Crippen LogP contribution < -0.4 is 5.56 Å². The fourth-order valence-corrected chi connectivity index (χ4v) is 3.46. The molecule has 0 spiro atoms. The molecule has 0 fully saturated rings. The second kappa shape index (κ2) is 7.12. The Bertz CT molecular complexity index is 1230. The fraction of sp³-hybridized carbons (Fsp3) is 0.0435. The lowest BCUT2D eigenvalue weighted by Crippen LogP contribution is -2.28. The molecule has 5 heteroatoms. The van der Waals surface area contributed by atoms with Gasteiger partial charge in [-0.1, -0.05) is 60.7 Å². The van der Waals surface area contributed by atoms with Crippen LogP contribution in [0.25, 0.3) is 21.9 Å². The quantitative estimate of drug-likeness (QED) is 0.571. The van der Waals surface area contributed by atoms with Crippen molar-refractivity contribution in [2.45, 2.75) is 6.54 Å². The number of aromatic carboxylic acids is 1. The molecule has 0 aliphatic heterocycles. The molecule has 0 amide bonds. The van der Waals surface area contributed by atoms with Gasteiger partial charge in [0, 0.05) is 16.3 Å². The number of fused-ring (bicyclic) bond motifs is 1. The lowest BCUT2D eigenvalue weighted by molar-refractivity contribution is 0.0685. The van der Waals surface area contributed by atoms with Gasteiger partial charge >= 0.3 is 5.97 Å². The molecule has 28 heavy (non-hydrogen) atoms. The zero-order valence-electron chi connectivity index (χ0n) is 14.8. The van der Waals surface area contributed by atoms with Gasteiger partial charge in [-0.25, -0.2) is 9.18 Å². The van der Waals surface area contributed by atoms with Crippen LogP contribution in [-0.4, -0.2) is 15.6 Å². The third-order valence-corrected chi connectivity index (χ3v) is 4.68. The maximum Gasteiger partial charge on any atom is 0.353 e. The topological polar surface area (TPSA) is 59.3 Å². The highest BCUT2D eigenvalue weighted by molar-refractivity contribution is 6.06. The van der Waals surface area contributed by atoms with Gasteiger partial charge in [0.2, 0.25) is 0 Å². The largest absolute Gasteiger partial charge is 0.477 e. The highest BCUT2D eigenvalue weighted by Gasteiger charge is 2.23. The van der Waals surface area contributed by atoms with Crippen LogP contribution >= 0.6 is 0 Å². The summed E-state index contributed by atoms with van der Waals surface area (Å²) in [6.45, 7) is 0.106. The Morgan fingerprint density at radius 1 is 0.893 bits per heavy atom. The van der Waals surface area contributed by atoms with Crippen molar-refractivity contribution >= 4 is 16.7 Å². The second-order valence-corrected chi connectivity index (χ2v) is 6.46. The number of nitrogens with zero attached hydrogens (tertiary/aromatic N) is 1. The summed E-state index contributed by atoms with van der Waals surface area (Å²) in [5.41, 5.74) is 1.12. The third-order valence-electron chi connectivity index (χ3n) is 4.68. The van der Waals surface area contributed by atoms with Crippen molar-refractivity contribution in [3.8, 4) is 11.1 Å². The van der Waals surface area contributed by atoms with Gasteiger partial charge in [-0.15, -0.1) is 0 Å². The number of hydrogen-bond donors (Lipinski definition) is 1. The zero-order chi connectivity index (χ0) is 19.7. The zero-order valence-corrected chi connectivity index (χ0v) is 14.8. The number of rotatable bonds is 4.